The SMILES string of the molecule is CC[C-]=C(CC)C(=[C-]CCC)CCC.[CH]1[CH][CH][CH][CH]1.[CH]1[CH][CH][CH][CH]1.[Zr+2]. The second kappa shape index (κ2) is 22.4. The minimum atomic E-state index is 0. The predicted molar refractivity (Wildman–Crippen MR) is 107 cm³/mol. The predicted octanol–water partition coefficient (Wildman–Crippen LogP) is 6.91. The zero-order valence-electron chi connectivity index (χ0n) is 16.5. The summed E-state index contributed by atoms with van der Waals surface area (Å²) in [5.74, 6) is 0. The van der Waals surface area contributed by atoms with Crippen LogP contribution in [0.15, 0.2) is 11.1 Å². The molecule has 0 atom stereocenters. The molecule has 25 heavy (non-hydrogen) atoms. The Labute approximate surface area is 179 Å². The van der Waals surface area contributed by atoms with Gasteiger partial charge in [-0.05, 0) is 64.2 Å². The molecule has 134 valence electrons. The van der Waals surface area contributed by atoms with Crippen LogP contribution in [-0.2, 0) is 26.2 Å². The molecule has 0 amide bonds. The largest absolute Gasteiger partial charge is 2.00 e. The third-order valence-corrected chi connectivity index (χ3v) is 3.31. The van der Waals surface area contributed by atoms with Crippen molar-refractivity contribution >= 4 is 0 Å². The molecular formula is C24H34Zr. The fraction of sp³-hybridized carbons (Fsp3) is 0.417. The van der Waals surface area contributed by atoms with Crippen molar-refractivity contribution in [1.29, 1.82) is 0 Å². The number of unbranched alkanes of at least 4 members (excludes halogenated alkanes) is 1. The van der Waals surface area contributed by atoms with Crippen LogP contribution in [0.1, 0.15) is 66.2 Å². The first kappa shape index (κ1) is 27.6. The van der Waals surface area contributed by atoms with E-state index in [-0.39, 0.29) is 26.2 Å². The van der Waals surface area contributed by atoms with Crippen LogP contribution in [0.5, 0.6) is 0 Å². The summed E-state index contributed by atoms with van der Waals surface area (Å²) in [6, 6.07) is 0. The molecule has 2 aliphatic carbocycles. The maximum Gasteiger partial charge on any atom is 2.00 e. The zero-order chi connectivity index (χ0) is 17.9. The summed E-state index contributed by atoms with van der Waals surface area (Å²) in [5.41, 5.74) is 2.81. The van der Waals surface area contributed by atoms with E-state index in [0.29, 0.717) is 0 Å². The van der Waals surface area contributed by atoms with E-state index in [0.717, 1.165) is 25.7 Å². The third kappa shape index (κ3) is 17.5. The van der Waals surface area contributed by atoms with E-state index >= 15 is 0 Å². The van der Waals surface area contributed by atoms with Crippen molar-refractivity contribution in [2.45, 2.75) is 66.2 Å². The smallest absolute Gasteiger partial charge is 0.373 e. The van der Waals surface area contributed by atoms with Gasteiger partial charge in [-0.1, -0.05) is 40.5 Å². The molecule has 2 fully saturated rings. The number of hydrogen-bond donors (Lipinski definition) is 0. The van der Waals surface area contributed by atoms with Gasteiger partial charge in [-0.2, -0.15) is 0 Å². The van der Waals surface area contributed by atoms with E-state index in [2.05, 4.69) is 39.8 Å². The van der Waals surface area contributed by atoms with E-state index in [1.807, 2.05) is 64.2 Å². The molecule has 2 aliphatic rings. The van der Waals surface area contributed by atoms with Gasteiger partial charge in [0.05, 0.1) is 0 Å². The van der Waals surface area contributed by atoms with Crippen LogP contribution in [0, 0.1) is 76.4 Å². The average molecular weight is 414 g/mol. The zero-order valence-corrected chi connectivity index (χ0v) is 19.0. The number of allylic oxidation sites excluding steroid dienone is 4. The van der Waals surface area contributed by atoms with Crippen molar-refractivity contribution in [2.75, 3.05) is 0 Å². The molecular weight excluding hydrogens is 379 g/mol. The fourth-order valence-electron chi connectivity index (χ4n) is 2.17. The van der Waals surface area contributed by atoms with Gasteiger partial charge in [0.25, 0.3) is 0 Å². The molecule has 10 radical (unpaired) electrons. The first-order valence-corrected chi connectivity index (χ1v) is 9.33. The number of hydrogen-bond acceptors (Lipinski definition) is 0. The summed E-state index contributed by atoms with van der Waals surface area (Å²) in [6.45, 7) is 8.79. The van der Waals surface area contributed by atoms with Gasteiger partial charge in [-0.3, -0.25) is 0 Å². The van der Waals surface area contributed by atoms with Crippen molar-refractivity contribution in [3.8, 4) is 0 Å². The molecule has 0 heterocycles. The van der Waals surface area contributed by atoms with Gasteiger partial charge < -0.3 is 23.3 Å². The van der Waals surface area contributed by atoms with Gasteiger partial charge in [-0.25, -0.2) is 0 Å². The molecule has 0 aromatic rings. The molecule has 2 rings (SSSR count). The van der Waals surface area contributed by atoms with Crippen molar-refractivity contribution < 1.29 is 26.2 Å². The van der Waals surface area contributed by atoms with Crippen molar-refractivity contribution in [1.82, 2.24) is 0 Å². The fourth-order valence-corrected chi connectivity index (χ4v) is 2.17. The summed E-state index contributed by atoms with van der Waals surface area (Å²) >= 11 is 0. The van der Waals surface area contributed by atoms with E-state index in [9.17, 15) is 0 Å². The van der Waals surface area contributed by atoms with Crippen LogP contribution < -0.4 is 0 Å². The molecule has 1 heteroatoms. The van der Waals surface area contributed by atoms with Crippen LogP contribution in [0.4, 0.5) is 0 Å². The summed E-state index contributed by atoms with van der Waals surface area (Å²) in [7, 11) is 0. The van der Waals surface area contributed by atoms with Gasteiger partial charge in [0, 0.05) is 0 Å². The molecule has 0 bridgehead atoms. The quantitative estimate of drug-likeness (QED) is 0.314. The van der Waals surface area contributed by atoms with Gasteiger partial charge in [0.15, 0.2) is 0 Å². The van der Waals surface area contributed by atoms with E-state index in [4.69, 9.17) is 0 Å². The summed E-state index contributed by atoms with van der Waals surface area (Å²) < 4.78 is 0. The van der Waals surface area contributed by atoms with Crippen LogP contribution in [0.3, 0.4) is 0 Å². The Morgan fingerprint density at radius 1 is 0.600 bits per heavy atom. The van der Waals surface area contributed by atoms with E-state index < -0.39 is 0 Å². The van der Waals surface area contributed by atoms with Crippen molar-refractivity contribution in [3.63, 3.8) is 0 Å². The summed E-state index contributed by atoms with van der Waals surface area (Å²) in [5, 5.41) is 0. The molecule has 0 unspecified atom stereocenters. The summed E-state index contributed by atoms with van der Waals surface area (Å²) in [6.07, 6.45) is 33.7. The molecule has 0 aromatic heterocycles. The Bertz CT molecular complexity index is 281. The van der Waals surface area contributed by atoms with E-state index in [1.165, 1.54) is 24.0 Å². The standard InChI is InChI=1S/C14H24.2C5H5.Zr/c1-5-9-12-14(11-7-3)13(8-4)10-6-2;2*1-2-4-5-3-1;/h5-9,11H2,1-4H3;2*1-5H;/q-2;;;+2. The normalized spacial score (nSPS) is 17.1. The average Bonchev–Trinajstić information content (AvgIpc) is 3.34. The second-order valence-corrected chi connectivity index (χ2v) is 5.44. The Hall–Kier alpha value is 0.363. The molecule has 0 N–H and O–H groups in total. The van der Waals surface area contributed by atoms with Gasteiger partial charge >= 0.3 is 26.2 Å². The monoisotopic (exact) mass is 412 g/mol. The van der Waals surface area contributed by atoms with Gasteiger partial charge in [0.1, 0.15) is 0 Å². The number of rotatable bonds is 7. The second-order valence-electron chi connectivity index (χ2n) is 5.44. The topological polar surface area (TPSA) is 0 Å². The first-order chi connectivity index (χ1) is 11.8. The van der Waals surface area contributed by atoms with Crippen molar-refractivity contribution in [3.05, 3.63) is 87.5 Å². The molecule has 0 saturated heterocycles. The molecule has 0 aliphatic heterocycles. The minimum absolute atomic E-state index is 0. The Morgan fingerprint density at radius 3 is 1.32 bits per heavy atom. The Balaban J connectivity index is 0. The van der Waals surface area contributed by atoms with Gasteiger partial charge in [-0.15, -0.1) is 25.7 Å². The van der Waals surface area contributed by atoms with Crippen LogP contribution in [-0.4, -0.2) is 0 Å². The first-order valence-electron chi connectivity index (χ1n) is 9.33. The Kier molecular flexibility index (Phi) is 24.7. The van der Waals surface area contributed by atoms with Crippen LogP contribution in [0.25, 0.3) is 0 Å². The molecule has 0 spiro atoms. The third-order valence-electron chi connectivity index (χ3n) is 3.31. The van der Waals surface area contributed by atoms with Crippen LogP contribution >= 0.6 is 0 Å². The maximum atomic E-state index is 3.52. The molecule has 0 aromatic carbocycles. The Morgan fingerprint density at radius 2 is 1.04 bits per heavy atom. The maximum absolute atomic E-state index is 3.52. The van der Waals surface area contributed by atoms with Gasteiger partial charge in [0.2, 0.25) is 0 Å². The minimum Gasteiger partial charge on any atom is -0.373 e. The summed E-state index contributed by atoms with van der Waals surface area (Å²) in [4.78, 5) is 0. The van der Waals surface area contributed by atoms with E-state index in [1.54, 1.807) is 0 Å². The van der Waals surface area contributed by atoms with Crippen LogP contribution in [0.2, 0.25) is 0 Å². The molecule has 0 nitrogen and oxygen atoms in total. The molecule has 2 saturated carbocycles. The van der Waals surface area contributed by atoms with Crippen molar-refractivity contribution in [2.24, 2.45) is 0 Å².